The van der Waals surface area contributed by atoms with Gasteiger partial charge in [0.15, 0.2) is 3.95 Å². The summed E-state index contributed by atoms with van der Waals surface area (Å²) < 4.78 is 3.83. The Kier molecular flexibility index (Phi) is 3.35. The molecular formula is C15H12N2O2S2. The molecule has 0 saturated carbocycles. The molecule has 0 radical (unpaired) electrons. The van der Waals surface area contributed by atoms with Gasteiger partial charge in [0, 0.05) is 19.0 Å². The van der Waals surface area contributed by atoms with Crippen molar-refractivity contribution < 1.29 is 0 Å². The summed E-state index contributed by atoms with van der Waals surface area (Å²) in [6, 6.07) is 7.39. The molecule has 4 nitrogen and oxygen atoms in total. The Morgan fingerprint density at radius 3 is 2.71 bits per heavy atom. The van der Waals surface area contributed by atoms with E-state index in [1.807, 2.05) is 24.3 Å². The van der Waals surface area contributed by atoms with E-state index in [1.165, 1.54) is 15.9 Å². The fourth-order valence-corrected chi connectivity index (χ4v) is 3.80. The Morgan fingerprint density at radius 1 is 1.29 bits per heavy atom. The zero-order valence-corrected chi connectivity index (χ0v) is 13.0. The Labute approximate surface area is 129 Å². The number of aryl methyl sites for hydroxylation is 1. The highest BCUT2D eigenvalue weighted by molar-refractivity contribution is 7.73. The summed E-state index contributed by atoms with van der Waals surface area (Å²) in [4.78, 5) is 25.2. The van der Waals surface area contributed by atoms with Crippen molar-refractivity contribution in [3.8, 4) is 0 Å². The average molecular weight is 316 g/mol. The van der Waals surface area contributed by atoms with Crippen LogP contribution in [0, 0.1) is 3.95 Å². The molecular weight excluding hydrogens is 304 g/mol. The van der Waals surface area contributed by atoms with Crippen LogP contribution in [0.3, 0.4) is 0 Å². The van der Waals surface area contributed by atoms with Gasteiger partial charge in [-0.25, -0.2) is 0 Å². The standard InChI is InChI=1S/C15H12N2O2S2/c1-3-8-17-13(18)11-9-6-4-5-7-10(9)16(2)14(19)12(11)21-15(17)20/h3-7H,1,8H2,2H3. The molecule has 3 rings (SSSR count). The average Bonchev–Trinajstić information content (AvgIpc) is 2.48. The summed E-state index contributed by atoms with van der Waals surface area (Å²) in [6.45, 7) is 3.99. The lowest BCUT2D eigenvalue weighted by Gasteiger charge is -2.10. The second kappa shape index (κ2) is 5.05. The Bertz CT molecular complexity index is 1060. The Morgan fingerprint density at radius 2 is 2.00 bits per heavy atom. The van der Waals surface area contributed by atoms with Gasteiger partial charge in [0.05, 0.1) is 10.9 Å². The highest BCUT2D eigenvalue weighted by atomic mass is 32.1. The third kappa shape index (κ3) is 1.99. The maximum atomic E-state index is 12.7. The molecule has 0 amide bonds. The molecule has 3 aromatic rings. The van der Waals surface area contributed by atoms with Gasteiger partial charge in [-0.2, -0.15) is 0 Å². The molecule has 6 heteroatoms. The first-order valence-corrected chi connectivity index (χ1v) is 7.55. The van der Waals surface area contributed by atoms with E-state index in [0.717, 1.165) is 10.9 Å². The number of benzene rings is 1. The van der Waals surface area contributed by atoms with E-state index < -0.39 is 0 Å². The minimum atomic E-state index is -0.234. The van der Waals surface area contributed by atoms with E-state index in [2.05, 4.69) is 6.58 Å². The maximum Gasteiger partial charge on any atom is 0.269 e. The molecule has 0 atom stereocenters. The number of rotatable bonds is 2. The van der Waals surface area contributed by atoms with Crippen LogP contribution in [0.1, 0.15) is 0 Å². The van der Waals surface area contributed by atoms with Gasteiger partial charge < -0.3 is 4.57 Å². The summed E-state index contributed by atoms with van der Waals surface area (Å²) in [5.74, 6) is 0. The zero-order chi connectivity index (χ0) is 15.1. The second-order valence-electron chi connectivity index (χ2n) is 4.66. The molecule has 0 aliphatic rings. The first-order chi connectivity index (χ1) is 10.1. The number of aromatic nitrogens is 2. The SMILES string of the molecule is C=CCn1c(=S)sc2c(=O)n(C)c3ccccc3c2c1=O. The van der Waals surface area contributed by atoms with Crippen LogP contribution in [0.25, 0.3) is 21.0 Å². The smallest absolute Gasteiger partial charge is 0.269 e. The molecule has 2 heterocycles. The lowest BCUT2D eigenvalue weighted by Crippen LogP contribution is -2.25. The molecule has 0 aliphatic carbocycles. The van der Waals surface area contributed by atoms with Crippen molar-refractivity contribution in [3.63, 3.8) is 0 Å². The molecule has 0 fully saturated rings. The van der Waals surface area contributed by atoms with Gasteiger partial charge in [0.25, 0.3) is 11.1 Å². The van der Waals surface area contributed by atoms with Crippen molar-refractivity contribution in [2.24, 2.45) is 7.05 Å². The van der Waals surface area contributed by atoms with Crippen molar-refractivity contribution in [2.45, 2.75) is 6.54 Å². The van der Waals surface area contributed by atoms with Crippen molar-refractivity contribution in [1.82, 2.24) is 9.13 Å². The minimum Gasteiger partial charge on any atom is -0.310 e. The van der Waals surface area contributed by atoms with Crippen LogP contribution in [-0.2, 0) is 13.6 Å². The number of para-hydroxylation sites is 1. The molecule has 106 valence electrons. The van der Waals surface area contributed by atoms with Crippen molar-refractivity contribution in [3.05, 3.63) is 61.6 Å². The Balaban J connectivity index is 2.72. The summed E-state index contributed by atoms with van der Waals surface area (Å²) in [5, 5.41) is 1.21. The number of pyridine rings is 1. The van der Waals surface area contributed by atoms with E-state index in [4.69, 9.17) is 12.2 Å². The molecule has 0 aliphatic heterocycles. The predicted molar refractivity (Wildman–Crippen MR) is 89.9 cm³/mol. The highest BCUT2D eigenvalue weighted by Crippen LogP contribution is 2.22. The molecule has 0 saturated heterocycles. The van der Waals surface area contributed by atoms with Gasteiger partial charge >= 0.3 is 0 Å². The minimum absolute atomic E-state index is 0.192. The molecule has 21 heavy (non-hydrogen) atoms. The number of hydrogen-bond acceptors (Lipinski definition) is 4. The van der Waals surface area contributed by atoms with Crippen molar-refractivity contribution in [1.29, 1.82) is 0 Å². The number of allylic oxidation sites excluding steroid dienone is 1. The summed E-state index contributed by atoms with van der Waals surface area (Å²) in [6.07, 6.45) is 1.62. The van der Waals surface area contributed by atoms with Gasteiger partial charge in [0.2, 0.25) is 0 Å². The van der Waals surface area contributed by atoms with Gasteiger partial charge in [-0.1, -0.05) is 24.3 Å². The van der Waals surface area contributed by atoms with E-state index in [0.29, 0.717) is 20.6 Å². The molecule has 0 spiro atoms. The van der Waals surface area contributed by atoms with E-state index >= 15 is 0 Å². The van der Waals surface area contributed by atoms with E-state index in [-0.39, 0.29) is 11.1 Å². The molecule has 0 N–H and O–H groups in total. The zero-order valence-electron chi connectivity index (χ0n) is 11.3. The fraction of sp³-hybridized carbons (Fsp3) is 0.133. The van der Waals surface area contributed by atoms with Gasteiger partial charge in [-0.3, -0.25) is 14.2 Å². The van der Waals surface area contributed by atoms with Gasteiger partial charge in [0.1, 0.15) is 4.70 Å². The first kappa shape index (κ1) is 13.9. The third-order valence-electron chi connectivity index (χ3n) is 3.44. The van der Waals surface area contributed by atoms with E-state index in [1.54, 1.807) is 17.7 Å². The topological polar surface area (TPSA) is 44.0 Å². The summed E-state index contributed by atoms with van der Waals surface area (Å²) >= 11 is 6.42. The molecule has 2 aromatic heterocycles. The number of hydrogen-bond donors (Lipinski definition) is 0. The molecule has 1 aromatic carbocycles. The summed E-state index contributed by atoms with van der Waals surface area (Å²) in [7, 11) is 1.70. The molecule has 0 bridgehead atoms. The highest BCUT2D eigenvalue weighted by Gasteiger charge is 2.14. The lowest BCUT2D eigenvalue weighted by atomic mass is 10.1. The number of nitrogens with zero attached hydrogens (tertiary/aromatic N) is 2. The van der Waals surface area contributed by atoms with Crippen molar-refractivity contribution in [2.75, 3.05) is 0 Å². The van der Waals surface area contributed by atoms with Gasteiger partial charge in [-0.15, -0.1) is 17.9 Å². The monoisotopic (exact) mass is 316 g/mol. The largest absolute Gasteiger partial charge is 0.310 e. The summed E-state index contributed by atoms with van der Waals surface area (Å²) in [5.41, 5.74) is 0.312. The predicted octanol–water partition coefficient (Wildman–Crippen LogP) is 2.83. The van der Waals surface area contributed by atoms with Crippen LogP contribution in [0.2, 0.25) is 0 Å². The second-order valence-corrected chi connectivity index (χ2v) is 6.30. The van der Waals surface area contributed by atoms with Crippen LogP contribution in [0.4, 0.5) is 0 Å². The van der Waals surface area contributed by atoms with Crippen LogP contribution in [-0.4, -0.2) is 9.13 Å². The number of fused-ring (bicyclic) bond motifs is 3. The van der Waals surface area contributed by atoms with Crippen LogP contribution in [0.5, 0.6) is 0 Å². The quantitative estimate of drug-likeness (QED) is 0.415. The van der Waals surface area contributed by atoms with E-state index in [9.17, 15) is 9.59 Å². The van der Waals surface area contributed by atoms with Gasteiger partial charge in [-0.05, 0) is 18.3 Å². The Hall–Kier alpha value is -2.05. The first-order valence-electron chi connectivity index (χ1n) is 6.32. The molecule has 0 unspecified atom stereocenters. The van der Waals surface area contributed by atoms with Crippen LogP contribution >= 0.6 is 23.6 Å². The normalized spacial score (nSPS) is 11.1. The maximum absolute atomic E-state index is 12.7. The lowest BCUT2D eigenvalue weighted by molar-refractivity contribution is 0.790. The van der Waals surface area contributed by atoms with Crippen LogP contribution < -0.4 is 11.1 Å². The fourth-order valence-electron chi connectivity index (χ4n) is 2.42. The third-order valence-corrected chi connectivity index (χ3v) is 4.89. The van der Waals surface area contributed by atoms with Crippen molar-refractivity contribution >= 4 is 44.5 Å². The van der Waals surface area contributed by atoms with Crippen LogP contribution in [0.15, 0.2) is 46.5 Å².